The number of aliphatic hydroxyl groups is 1. The predicted molar refractivity (Wildman–Crippen MR) is 95.5 cm³/mol. The third-order valence-corrected chi connectivity index (χ3v) is 5.28. The Morgan fingerprint density at radius 2 is 2.25 bits per heavy atom. The van der Waals surface area contributed by atoms with Crippen LogP contribution in [0.15, 0.2) is 18.2 Å². The van der Waals surface area contributed by atoms with Gasteiger partial charge >= 0.3 is 0 Å². The van der Waals surface area contributed by atoms with Gasteiger partial charge in [-0.3, -0.25) is 0 Å². The van der Waals surface area contributed by atoms with E-state index in [1.807, 2.05) is 18.2 Å². The Morgan fingerprint density at radius 3 is 2.92 bits per heavy atom. The Hall–Kier alpha value is -1.30. The lowest BCUT2D eigenvalue weighted by Gasteiger charge is -2.38. The summed E-state index contributed by atoms with van der Waals surface area (Å²) >= 11 is 0. The number of nitrogens with one attached hydrogen (secondary N) is 1. The fourth-order valence-corrected chi connectivity index (χ4v) is 3.89. The van der Waals surface area contributed by atoms with Crippen LogP contribution >= 0.6 is 0 Å². The lowest BCUT2D eigenvalue weighted by Crippen LogP contribution is -2.47. The van der Waals surface area contributed by atoms with Crippen LogP contribution in [0.2, 0.25) is 0 Å². The minimum absolute atomic E-state index is 0.00587. The van der Waals surface area contributed by atoms with Gasteiger partial charge in [0, 0.05) is 43.5 Å². The number of piperidine rings is 1. The molecule has 5 nitrogen and oxygen atoms in total. The molecule has 0 spiro atoms. The fourth-order valence-electron chi connectivity index (χ4n) is 3.89. The van der Waals surface area contributed by atoms with Gasteiger partial charge < -0.3 is 24.8 Å². The molecule has 2 fully saturated rings. The van der Waals surface area contributed by atoms with Gasteiger partial charge in [-0.25, -0.2) is 0 Å². The topological polar surface area (TPSA) is 54.0 Å². The molecule has 3 rings (SSSR count). The number of rotatable bonds is 6. The summed E-state index contributed by atoms with van der Waals surface area (Å²) in [6.45, 7) is 6.55. The zero-order chi connectivity index (χ0) is 16.9. The third-order valence-electron chi connectivity index (χ3n) is 5.28. The van der Waals surface area contributed by atoms with Crippen molar-refractivity contribution in [2.75, 3.05) is 38.7 Å². The molecule has 1 aromatic carbocycles. The number of benzene rings is 1. The van der Waals surface area contributed by atoms with E-state index in [0.29, 0.717) is 18.1 Å². The molecule has 0 aromatic heterocycles. The number of methoxy groups -OCH3 is 1. The van der Waals surface area contributed by atoms with Crippen LogP contribution in [0.3, 0.4) is 0 Å². The van der Waals surface area contributed by atoms with Crippen molar-refractivity contribution in [3.8, 4) is 5.75 Å². The number of aliphatic hydroxyl groups excluding tert-OH is 1. The van der Waals surface area contributed by atoms with Crippen LogP contribution in [-0.2, 0) is 11.3 Å². The van der Waals surface area contributed by atoms with E-state index >= 15 is 0 Å². The Bertz CT molecular complexity index is 531. The van der Waals surface area contributed by atoms with Gasteiger partial charge in [0.25, 0.3) is 0 Å². The molecule has 3 atom stereocenters. The summed E-state index contributed by atoms with van der Waals surface area (Å²) < 4.78 is 11.0. The molecule has 24 heavy (non-hydrogen) atoms. The van der Waals surface area contributed by atoms with Crippen molar-refractivity contribution in [2.45, 2.75) is 44.9 Å². The van der Waals surface area contributed by atoms with Crippen LogP contribution in [0.5, 0.6) is 5.75 Å². The van der Waals surface area contributed by atoms with E-state index < -0.39 is 0 Å². The summed E-state index contributed by atoms with van der Waals surface area (Å²) in [5, 5.41) is 13.1. The van der Waals surface area contributed by atoms with E-state index in [1.54, 1.807) is 7.11 Å². The molecule has 1 aromatic rings. The first-order valence-corrected chi connectivity index (χ1v) is 9.08. The summed E-state index contributed by atoms with van der Waals surface area (Å²) in [7, 11) is 1.63. The van der Waals surface area contributed by atoms with Crippen LogP contribution in [0.1, 0.15) is 31.7 Å². The highest BCUT2D eigenvalue weighted by Crippen LogP contribution is 2.26. The maximum atomic E-state index is 9.48. The zero-order valence-electron chi connectivity index (χ0n) is 14.8. The minimum atomic E-state index is -0.00587. The molecule has 0 amide bonds. The Labute approximate surface area is 144 Å². The predicted octanol–water partition coefficient (Wildman–Crippen LogP) is 2.49. The van der Waals surface area contributed by atoms with Crippen molar-refractivity contribution in [1.29, 1.82) is 0 Å². The molecular weight excluding hydrogens is 304 g/mol. The van der Waals surface area contributed by atoms with E-state index in [1.165, 1.54) is 12.8 Å². The molecule has 2 aliphatic heterocycles. The van der Waals surface area contributed by atoms with Gasteiger partial charge in [-0.1, -0.05) is 6.92 Å². The number of hydrogen-bond acceptors (Lipinski definition) is 5. The lowest BCUT2D eigenvalue weighted by atomic mass is 9.93. The average Bonchev–Trinajstić information content (AvgIpc) is 3.10. The number of nitrogens with zero attached hydrogens (tertiary/aromatic N) is 1. The van der Waals surface area contributed by atoms with Gasteiger partial charge in [0.05, 0.1) is 19.8 Å². The Kier molecular flexibility index (Phi) is 5.98. The fraction of sp³-hybridized carbons (Fsp3) is 0.684. The minimum Gasteiger partial charge on any atom is -0.496 e. The van der Waals surface area contributed by atoms with E-state index in [2.05, 4.69) is 17.1 Å². The summed E-state index contributed by atoms with van der Waals surface area (Å²) in [6.07, 6.45) is 4.00. The van der Waals surface area contributed by atoms with Gasteiger partial charge in [-0.2, -0.15) is 0 Å². The first-order chi connectivity index (χ1) is 11.7. The van der Waals surface area contributed by atoms with Crippen molar-refractivity contribution in [3.05, 3.63) is 23.8 Å². The summed E-state index contributed by atoms with van der Waals surface area (Å²) in [5.74, 6) is 1.32. The summed E-state index contributed by atoms with van der Waals surface area (Å²) in [5.41, 5.74) is 1.88. The molecule has 0 radical (unpaired) electrons. The van der Waals surface area contributed by atoms with Gasteiger partial charge in [-0.05, 0) is 43.4 Å². The summed E-state index contributed by atoms with van der Waals surface area (Å²) in [6, 6.07) is 6.41. The largest absolute Gasteiger partial charge is 0.496 e. The molecule has 0 bridgehead atoms. The van der Waals surface area contributed by atoms with Crippen LogP contribution in [0, 0.1) is 5.92 Å². The zero-order valence-corrected chi connectivity index (χ0v) is 14.8. The van der Waals surface area contributed by atoms with Gasteiger partial charge in [0.15, 0.2) is 0 Å². The Balaban J connectivity index is 1.54. The molecule has 2 aliphatic rings. The quantitative estimate of drug-likeness (QED) is 0.837. The highest BCUT2D eigenvalue weighted by atomic mass is 16.5. The Morgan fingerprint density at radius 1 is 1.38 bits per heavy atom. The van der Waals surface area contributed by atoms with Crippen molar-refractivity contribution < 1.29 is 14.6 Å². The van der Waals surface area contributed by atoms with Crippen LogP contribution in [0.25, 0.3) is 0 Å². The number of anilines is 1. The molecule has 134 valence electrons. The first kappa shape index (κ1) is 17.5. The maximum absolute atomic E-state index is 9.48. The van der Waals surface area contributed by atoms with E-state index in [4.69, 9.17) is 9.47 Å². The van der Waals surface area contributed by atoms with Crippen molar-refractivity contribution in [3.63, 3.8) is 0 Å². The van der Waals surface area contributed by atoms with Crippen LogP contribution in [0.4, 0.5) is 5.69 Å². The molecule has 0 aliphatic carbocycles. The van der Waals surface area contributed by atoms with Crippen molar-refractivity contribution >= 4 is 5.69 Å². The average molecular weight is 334 g/mol. The van der Waals surface area contributed by atoms with Gasteiger partial charge in [0.1, 0.15) is 5.75 Å². The standard InChI is InChI=1S/C19H30N2O3/c1-14-11-21(12-17-4-3-9-24-17)8-7-18(14)20-16-5-6-19(23-2)15(10-16)13-22/h5-6,10,14,17-18,20,22H,3-4,7-9,11-13H2,1-2H3. The second kappa shape index (κ2) is 8.19. The molecular formula is C19H30N2O3. The molecule has 2 saturated heterocycles. The molecule has 2 heterocycles. The lowest BCUT2D eigenvalue weighted by molar-refractivity contribution is 0.0563. The van der Waals surface area contributed by atoms with Crippen LogP contribution < -0.4 is 10.1 Å². The van der Waals surface area contributed by atoms with E-state index in [9.17, 15) is 5.11 Å². The smallest absolute Gasteiger partial charge is 0.124 e. The molecule has 5 heteroatoms. The van der Waals surface area contributed by atoms with Crippen molar-refractivity contribution in [2.24, 2.45) is 5.92 Å². The number of hydrogen-bond donors (Lipinski definition) is 2. The monoisotopic (exact) mass is 334 g/mol. The highest BCUT2D eigenvalue weighted by molar-refractivity contribution is 5.51. The van der Waals surface area contributed by atoms with E-state index in [0.717, 1.165) is 49.7 Å². The SMILES string of the molecule is COc1ccc(NC2CCN(CC3CCCO3)CC2C)cc1CO. The number of ether oxygens (including phenoxy) is 2. The second-order valence-electron chi connectivity index (χ2n) is 7.10. The molecule has 3 unspecified atom stereocenters. The first-order valence-electron chi connectivity index (χ1n) is 9.08. The second-order valence-corrected chi connectivity index (χ2v) is 7.10. The molecule has 0 saturated carbocycles. The number of likely N-dealkylation sites (tertiary alicyclic amines) is 1. The highest BCUT2D eigenvalue weighted by Gasteiger charge is 2.28. The normalized spacial score (nSPS) is 28.0. The van der Waals surface area contributed by atoms with Crippen LogP contribution in [-0.4, -0.2) is 55.5 Å². The third kappa shape index (κ3) is 4.21. The van der Waals surface area contributed by atoms with Gasteiger partial charge in [-0.15, -0.1) is 0 Å². The maximum Gasteiger partial charge on any atom is 0.124 e. The van der Waals surface area contributed by atoms with Crippen molar-refractivity contribution in [1.82, 2.24) is 4.90 Å². The van der Waals surface area contributed by atoms with Gasteiger partial charge in [0.2, 0.25) is 0 Å². The van der Waals surface area contributed by atoms with E-state index in [-0.39, 0.29) is 6.61 Å². The molecule has 2 N–H and O–H groups in total. The summed E-state index contributed by atoms with van der Waals surface area (Å²) in [4.78, 5) is 2.55.